The van der Waals surface area contributed by atoms with Crippen molar-refractivity contribution in [1.82, 2.24) is 9.88 Å². The number of aryl methyl sites for hydroxylation is 1. The molecular weight excluding hydrogens is 335 g/mol. The van der Waals surface area contributed by atoms with Gasteiger partial charge in [-0.1, -0.05) is 12.1 Å². The molecule has 0 unspecified atom stereocenters. The van der Waals surface area contributed by atoms with E-state index in [1.165, 1.54) is 30.4 Å². The van der Waals surface area contributed by atoms with Crippen molar-refractivity contribution in [2.24, 2.45) is 0 Å². The normalized spacial score (nSPS) is 19.1. The largest absolute Gasteiger partial charge is 0.416 e. The SMILES string of the molecule is Cc1ccc(-c2nc(N)sc2CN2CCC[C@H]2C)cc1C(F)(F)F. The third-order valence-electron chi connectivity index (χ3n) is 4.57. The Morgan fingerprint density at radius 3 is 2.75 bits per heavy atom. The van der Waals surface area contributed by atoms with Crippen molar-refractivity contribution in [2.45, 2.75) is 45.5 Å². The van der Waals surface area contributed by atoms with E-state index in [4.69, 9.17) is 5.73 Å². The highest BCUT2D eigenvalue weighted by Gasteiger charge is 2.33. The topological polar surface area (TPSA) is 42.1 Å². The molecule has 0 amide bonds. The molecule has 0 aliphatic carbocycles. The van der Waals surface area contributed by atoms with Crippen molar-refractivity contribution in [2.75, 3.05) is 12.3 Å². The third-order valence-corrected chi connectivity index (χ3v) is 5.44. The summed E-state index contributed by atoms with van der Waals surface area (Å²) >= 11 is 1.36. The van der Waals surface area contributed by atoms with Crippen LogP contribution in [-0.2, 0) is 12.7 Å². The first-order valence-electron chi connectivity index (χ1n) is 7.93. The van der Waals surface area contributed by atoms with Gasteiger partial charge in [0.15, 0.2) is 5.13 Å². The van der Waals surface area contributed by atoms with Crippen molar-refractivity contribution >= 4 is 16.5 Å². The van der Waals surface area contributed by atoms with Crippen molar-refractivity contribution < 1.29 is 13.2 Å². The number of nitrogen functional groups attached to an aromatic ring is 1. The summed E-state index contributed by atoms with van der Waals surface area (Å²) in [5, 5.41) is 0.390. The van der Waals surface area contributed by atoms with E-state index in [0.29, 0.717) is 29.0 Å². The molecule has 2 N–H and O–H groups in total. The van der Waals surface area contributed by atoms with E-state index in [2.05, 4.69) is 16.8 Å². The van der Waals surface area contributed by atoms with E-state index in [0.717, 1.165) is 24.3 Å². The van der Waals surface area contributed by atoms with Gasteiger partial charge in [0, 0.05) is 23.0 Å². The van der Waals surface area contributed by atoms with Crippen LogP contribution in [-0.4, -0.2) is 22.5 Å². The number of anilines is 1. The van der Waals surface area contributed by atoms with Gasteiger partial charge in [0.25, 0.3) is 0 Å². The lowest BCUT2D eigenvalue weighted by atomic mass is 10.0. The van der Waals surface area contributed by atoms with Crippen LogP contribution in [0.5, 0.6) is 0 Å². The Hall–Kier alpha value is -1.60. The summed E-state index contributed by atoms with van der Waals surface area (Å²) in [5.74, 6) is 0. The van der Waals surface area contributed by atoms with Gasteiger partial charge in [-0.15, -0.1) is 11.3 Å². The van der Waals surface area contributed by atoms with Crippen LogP contribution in [0.15, 0.2) is 18.2 Å². The average Bonchev–Trinajstić information content (AvgIpc) is 3.05. The predicted molar refractivity (Wildman–Crippen MR) is 90.8 cm³/mol. The van der Waals surface area contributed by atoms with Crippen LogP contribution in [0.2, 0.25) is 0 Å². The van der Waals surface area contributed by atoms with Crippen LogP contribution in [0.4, 0.5) is 18.3 Å². The molecule has 3 nitrogen and oxygen atoms in total. The Morgan fingerprint density at radius 2 is 2.12 bits per heavy atom. The summed E-state index contributed by atoms with van der Waals surface area (Å²) < 4.78 is 39.5. The number of alkyl halides is 3. The van der Waals surface area contributed by atoms with Gasteiger partial charge in [-0.2, -0.15) is 13.2 Å². The van der Waals surface area contributed by atoms with E-state index in [-0.39, 0.29) is 5.56 Å². The minimum atomic E-state index is -4.37. The van der Waals surface area contributed by atoms with Gasteiger partial charge in [-0.3, -0.25) is 4.90 Å². The van der Waals surface area contributed by atoms with Gasteiger partial charge in [0.1, 0.15) is 0 Å². The number of aromatic nitrogens is 1. The van der Waals surface area contributed by atoms with Gasteiger partial charge in [-0.05, 0) is 44.9 Å². The summed E-state index contributed by atoms with van der Waals surface area (Å²) in [5.41, 5.74) is 6.49. The number of halogens is 3. The Labute approximate surface area is 143 Å². The second kappa shape index (κ2) is 6.37. The lowest BCUT2D eigenvalue weighted by Gasteiger charge is -2.20. The molecule has 1 saturated heterocycles. The quantitative estimate of drug-likeness (QED) is 0.867. The highest BCUT2D eigenvalue weighted by Crippen LogP contribution is 2.37. The van der Waals surface area contributed by atoms with Gasteiger partial charge >= 0.3 is 6.18 Å². The molecule has 0 saturated carbocycles. The molecule has 1 aliphatic heterocycles. The maximum absolute atomic E-state index is 13.2. The van der Waals surface area contributed by atoms with Crippen LogP contribution >= 0.6 is 11.3 Å². The molecule has 1 aliphatic rings. The molecule has 1 atom stereocenters. The number of thiazole rings is 1. The fourth-order valence-electron chi connectivity index (χ4n) is 3.19. The fraction of sp³-hybridized carbons (Fsp3) is 0.471. The van der Waals surface area contributed by atoms with Gasteiger partial charge in [0.2, 0.25) is 0 Å². The first-order valence-corrected chi connectivity index (χ1v) is 8.75. The molecule has 7 heteroatoms. The molecule has 0 radical (unpaired) electrons. The summed E-state index contributed by atoms with van der Waals surface area (Å²) in [6.45, 7) is 5.32. The summed E-state index contributed by atoms with van der Waals surface area (Å²) in [4.78, 5) is 7.56. The number of hydrogen-bond donors (Lipinski definition) is 1. The molecule has 2 aromatic rings. The highest BCUT2D eigenvalue weighted by molar-refractivity contribution is 7.15. The van der Waals surface area contributed by atoms with E-state index < -0.39 is 11.7 Å². The molecule has 0 bridgehead atoms. The van der Waals surface area contributed by atoms with Crippen LogP contribution < -0.4 is 5.73 Å². The number of nitrogens with two attached hydrogens (primary N) is 1. The number of benzene rings is 1. The van der Waals surface area contributed by atoms with Crippen LogP contribution in [0.3, 0.4) is 0 Å². The molecule has 3 rings (SSSR count). The molecule has 0 spiro atoms. The maximum Gasteiger partial charge on any atom is 0.416 e. The first kappa shape index (κ1) is 17.2. The monoisotopic (exact) mass is 355 g/mol. The van der Waals surface area contributed by atoms with E-state index in [1.54, 1.807) is 6.07 Å². The number of likely N-dealkylation sites (tertiary alicyclic amines) is 1. The summed E-state index contributed by atoms with van der Waals surface area (Å²) in [6, 6.07) is 4.84. The molecule has 1 fully saturated rings. The smallest absolute Gasteiger partial charge is 0.375 e. The summed E-state index contributed by atoms with van der Waals surface area (Å²) in [7, 11) is 0. The van der Waals surface area contributed by atoms with Gasteiger partial charge < -0.3 is 5.73 Å². The van der Waals surface area contributed by atoms with Crippen molar-refractivity contribution in [3.63, 3.8) is 0 Å². The molecule has 1 aromatic heterocycles. The molecule has 2 heterocycles. The zero-order chi connectivity index (χ0) is 17.5. The van der Waals surface area contributed by atoms with Crippen LogP contribution in [0, 0.1) is 6.92 Å². The van der Waals surface area contributed by atoms with Gasteiger partial charge in [0.05, 0.1) is 11.3 Å². The third kappa shape index (κ3) is 3.42. The average molecular weight is 355 g/mol. The Morgan fingerprint density at radius 1 is 1.38 bits per heavy atom. The van der Waals surface area contributed by atoms with Crippen molar-refractivity contribution in [3.8, 4) is 11.3 Å². The maximum atomic E-state index is 13.2. The Kier molecular flexibility index (Phi) is 4.57. The van der Waals surface area contributed by atoms with Crippen molar-refractivity contribution in [1.29, 1.82) is 0 Å². The zero-order valence-corrected chi connectivity index (χ0v) is 14.5. The minimum absolute atomic E-state index is 0.212. The number of nitrogens with zero attached hydrogens (tertiary/aromatic N) is 2. The standard InChI is InChI=1S/C17H20F3N3S/c1-10-5-6-12(8-13(10)17(18,19)20)15-14(24-16(21)22-15)9-23-7-3-4-11(23)2/h5-6,8,11H,3-4,7,9H2,1-2H3,(H2,21,22)/t11-/m1/s1. The molecule has 130 valence electrons. The minimum Gasteiger partial charge on any atom is -0.375 e. The second-order valence-corrected chi connectivity index (χ2v) is 7.43. The van der Waals surface area contributed by atoms with E-state index >= 15 is 0 Å². The molecule has 24 heavy (non-hydrogen) atoms. The molecule has 1 aromatic carbocycles. The van der Waals surface area contributed by atoms with Crippen LogP contribution in [0.1, 0.15) is 35.8 Å². The number of rotatable bonds is 3. The predicted octanol–water partition coefficient (Wildman–Crippen LogP) is 4.70. The number of hydrogen-bond acceptors (Lipinski definition) is 4. The Bertz CT molecular complexity index is 739. The fourth-order valence-corrected chi connectivity index (χ4v) is 4.07. The summed E-state index contributed by atoms with van der Waals surface area (Å²) in [6.07, 6.45) is -2.08. The lowest BCUT2D eigenvalue weighted by Crippen LogP contribution is -2.25. The van der Waals surface area contributed by atoms with E-state index in [9.17, 15) is 13.2 Å². The van der Waals surface area contributed by atoms with Crippen molar-refractivity contribution in [3.05, 3.63) is 34.2 Å². The molecular formula is C17H20F3N3S. The first-order chi connectivity index (χ1) is 11.3. The van der Waals surface area contributed by atoms with Crippen LogP contribution in [0.25, 0.3) is 11.3 Å². The van der Waals surface area contributed by atoms with Gasteiger partial charge in [-0.25, -0.2) is 4.98 Å². The lowest BCUT2D eigenvalue weighted by molar-refractivity contribution is -0.138. The Balaban J connectivity index is 1.98. The zero-order valence-electron chi connectivity index (χ0n) is 13.7. The highest BCUT2D eigenvalue weighted by atomic mass is 32.1. The van der Waals surface area contributed by atoms with E-state index in [1.807, 2.05) is 0 Å². The second-order valence-electron chi connectivity index (χ2n) is 6.31.